The van der Waals surface area contributed by atoms with Gasteiger partial charge in [-0.25, -0.2) is 8.42 Å². The molecule has 2 aromatic rings. The molecule has 2 aromatic carbocycles. The quantitative estimate of drug-likeness (QED) is 0.743. The first-order valence-corrected chi connectivity index (χ1v) is 10.0. The van der Waals surface area contributed by atoms with E-state index in [1.54, 1.807) is 44.2 Å². The number of nitrogens with one attached hydrogen (secondary N) is 2. The van der Waals surface area contributed by atoms with Crippen LogP contribution in [0.15, 0.2) is 42.5 Å². The number of hydrogen-bond donors (Lipinski definition) is 2. The van der Waals surface area contributed by atoms with Gasteiger partial charge in [-0.05, 0) is 49.7 Å². The van der Waals surface area contributed by atoms with Gasteiger partial charge in [-0.1, -0.05) is 12.1 Å². The van der Waals surface area contributed by atoms with Crippen LogP contribution >= 0.6 is 0 Å². The SMILES string of the molecule is CC(C)S(=O)(=O)Nc1ccc(CNc2ccc3c(c2)C(=O)N(C)C3=O)cc1. The van der Waals surface area contributed by atoms with Crippen molar-refractivity contribution in [1.29, 1.82) is 0 Å². The number of imide groups is 1. The number of amides is 2. The van der Waals surface area contributed by atoms with E-state index in [0.29, 0.717) is 23.4 Å². The molecule has 1 aliphatic heterocycles. The minimum atomic E-state index is -3.37. The Kier molecular flexibility index (Phi) is 4.93. The molecule has 0 aromatic heterocycles. The molecule has 0 fully saturated rings. The molecule has 7 nitrogen and oxygen atoms in total. The molecule has 142 valence electrons. The highest BCUT2D eigenvalue weighted by molar-refractivity contribution is 7.93. The molecule has 8 heteroatoms. The molecule has 0 radical (unpaired) electrons. The molecule has 0 spiro atoms. The number of fused-ring (bicyclic) bond motifs is 1. The van der Waals surface area contributed by atoms with Gasteiger partial charge in [-0.2, -0.15) is 0 Å². The topological polar surface area (TPSA) is 95.6 Å². The minimum Gasteiger partial charge on any atom is -0.381 e. The second kappa shape index (κ2) is 7.03. The van der Waals surface area contributed by atoms with Crippen molar-refractivity contribution in [2.45, 2.75) is 25.6 Å². The Labute approximate surface area is 158 Å². The number of anilines is 2. The molecule has 0 saturated heterocycles. The summed E-state index contributed by atoms with van der Waals surface area (Å²) in [6.07, 6.45) is 0. The first-order valence-electron chi connectivity index (χ1n) is 8.50. The summed E-state index contributed by atoms with van der Waals surface area (Å²) in [6, 6.07) is 12.1. The second-order valence-corrected chi connectivity index (χ2v) is 8.91. The number of hydrogen-bond acceptors (Lipinski definition) is 5. The van der Waals surface area contributed by atoms with Crippen LogP contribution in [0.2, 0.25) is 0 Å². The van der Waals surface area contributed by atoms with E-state index in [2.05, 4.69) is 10.0 Å². The van der Waals surface area contributed by atoms with Crippen molar-refractivity contribution < 1.29 is 18.0 Å². The summed E-state index contributed by atoms with van der Waals surface area (Å²) >= 11 is 0. The molecular weight excluding hydrogens is 366 g/mol. The summed E-state index contributed by atoms with van der Waals surface area (Å²) in [5.41, 5.74) is 3.00. The Morgan fingerprint density at radius 3 is 2.15 bits per heavy atom. The van der Waals surface area contributed by atoms with Crippen LogP contribution in [0.25, 0.3) is 0 Å². The summed E-state index contributed by atoms with van der Waals surface area (Å²) in [4.78, 5) is 25.1. The van der Waals surface area contributed by atoms with Gasteiger partial charge in [0.05, 0.1) is 16.4 Å². The minimum absolute atomic E-state index is 0.291. The van der Waals surface area contributed by atoms with Crippen LogP contribution in [-0.2, 0) is 16.6 Å². The average molecular weight is 387 g/mol. The van der Waals surface area contributed by atoms with E-state index in [0.717, 1.165) is 16.2 Å². The highest BCUT2D eigenvalue weighted by atomic mass is 32.2. The average Bonchev–Trinajstić information content (AvgIpc) is 2.85. The number of carbonyl (C=O) groups excluding carboxylic acids is 2. The fourth-order valence-corrected chi connectivity index (χ4v) is 3.35. The normalized spacial score (nSPS) is 13.9. The van der Waals surface area contributed by atoms with Crippen molar-refractivity contribution in [3.8, 4) is 0 Å². The summed E-state index contributed by atoms with van der Waals surface area (Å²) in [6.45, 7) is 3.73. The van der Waals surface area contributed by atoms with E-state index < -0.39 is 15.3 Å². The van der Waals surface area contributed by atoms with Gasteiger partial charge < -0.3 is 5.32 Å². The number of sulfonamides is 1. The van der Waals surface area contributed by atoms with Crippen LogP contribution in [0.3, 0.4) is 0 Å². The smallest absolute Gasteiger partial charge is 0.261 e. The highest BCUT2D eigenvalue weighted by Crippen LogP contribution is 2.25. The zero-order valence-corrected chi connectivity index (χ0v) is 16.1. The highest BCUT2D eigenvalue weighted by Gasteiger charge is 2.32. The van der Waals surface area contributed by atoms with Gasteiger partial charge in [0.2, 0.25) is 10.0 Å². The fraction of sp³-hybridized carbons (Fsp3) is 0.263. The van der Waals surface area contributed by atoms with Crippen LogP contribution in [0, 0.1) is 0 Å². The van der Waals surface area contributed by atoms with Gasteiger partial charge in [-0.3, -0.25) is 19.2 Å². The molecule has 0 aliphatic carbocycles. The number of carbonyl (C=O) groups is 2. The van der Waals surface area contributed by atoms with Gasteiger partial charge in [0.15, 0.2) is 0 Å². The molecule has 1 aliphatic rings. The molecule has 0 atom stereocenters. The lowest BCUT2D eigenvalue weighted by Crippen LogP contribution is -2.24. The van der Waals surface area contributed by atoms with Crippen molar-refractivity contribution in [3.05, 3.63) is 59.2 Å². The molecule has 0 saturated carbocycles. The fourth-order valence-electron chi connectivity index (χ4n) is 2.65. The standard InChI is InChI=1S/C19H21N3O4S/c1-12(2)27(25,26)21-14-6-4-13(5-7-14)11-20-15-8-9-16-17(10-15)19(24)22(3)18(16)23/h4-10,12,20-21H,11H2,1-3H3. The molecule has 1 heterocycles. The zero-order valence-electron chi connectivity index (χ0n) is 15.3. The molecule has 2 N–H and O–H groups in total. The van der Waals surface area contributed by atoms with Crippen molar-refractivity contribution in [2.75, 3.05) is 17.1 Å². The summed E-state index contributed by atoms with van der Waals surface area (Å²) in [5, 5.41) is 2.70. The molecular formula is C19H21N3O4S. The Hall–Kier alpha value is -2.87. The maximum absolute atomic E-state index is 12.1. The van der Waals surface area contributed by atoms with E-state index in [-0.39, 0.29) is 11.8 Å². The van der Waals surface area contributed by atoms with E-state index in [1.165, 1.54) is 7.05 Å². The monoisotopic (exact) mass is 387 g/mol. The van der Waals surface area contributed by atoms with Crippen molar-refractivity contribution in [3.63, 3.8) is 0 Å². The number of rotatable bonds is 6. The van der Waals surface area contributed by atoms with Crippen LogP contribution in [0.4, 0.5) is 11.4 Å². The predicted octanol–water partition coefficient (Wildman–Crippen LogP) is 2.67. The lowest BCUT2D eigenvalue weighted by Gasteiger charge is -2.12. The maximum Gasteiger partial charge on any atom is 0.261 e. The van der Waals surface area contributed by atoms with Crippen molar-refractivity contribution in [2.24, 2.45) is 0 Å². The third-order valence-electron chi connectivity index (χ3n) is 4.42. The largest absolute Gasteiger partial charge is 0.381 e. The molecule has 3 rings (SSSR count). The first-order chi connectivity index (χ1) is 12.7. The van der Waals surface area contributed by atoms with E-state index in [9.17, 15) is 18.0 Å². The predicted molar refractivity (Wildman–Crippen MR) is 104 cm³/mol. The Bertz CT molecular complexity index is 998. The molecule has 2 amide bonds. The van der Waals surface area contributed by atoms with Gasteiger partial charge in [0.1, 0.15) is 0 Å². The van der Waals surface area contributed by atoms with Gasteiger partial charge in [0.25, 0.3) is 11.8 Å². The number of nitrogens with zero attached hydrogens (tertiary/aromatic N) is 1. The second-order valence-electron chi connectivity index (χ2n) is 6.68. The van der Waals surface area contributed by atoms with Gasteiger partial charge in [-0.15, -0.1) is 0 Å². The third-order valence-corrected chi connectivity index (χ3v) is 6.18. The summed E-state index contributed by atoms with van der Waals surface area (Å²) < 4.78 is 26.3. The molecule has 0 bridgehead atoms. The molecule has 27 heavy (non-hydrogen) atoms. The van der Waals surface area contributed by atoms with Crippen LogP contribution in [0.5, 0.6) is 0 Å². The van der Waals surface area contributed by atoms with E-state index in [4.69, 9.17) is 0 Å². The van der Waals surface area contributed by atoms with Crippen LogP contribution in [-0.4, -0.2) is 37.4 Å². The van der Waals surface area contributed by atoms with E-state index >= 15 is 0 Å². The Balaban J connectivity index is 1.66. The Morgan fingerprint density at radius 2 is 1.52 bits per heavy atom. The first kappa shape index (κ1) is 18.9. The summed E-state index contributed by atoms with van der Waals surface area (Å²) in [5.74, 6) is -0.596. The van der Waals surface area contributed by atoms with Crippen molar-refractivity contribution >= 4 is 33.2 Å². The third kappa shape index (κ3) is 3.80. The van der Waals surface area contributed by atoms with E-state index in [1.807, 2.05) is 12.1 Å². The lowest BCUT2D eigenvalue weighted by atomic mass is 10.1. The van der Waals surface area contributed by atoms with Crippen LogP contribution < -0.4 is 10.0 Å². The van der Waals surface area contributed by atoms with Gasteiger partial charge >= 0.3 is 0 Å². The van der Waals surface area contributed by atoms with Gasteiger partial charge in [0, 0.05) is 25.0 Å². The van der Waals surface area contributed by atoms with Crippen molar-refractivity contribution in [1.82, 2.24) is 4.90 Å². The maximum atomic E-state index is 12.1. The summed E-state index contributed by atoms with van der Waals surface area (Å²) in [7, 11) is -1.90. The zero-order chi connectivity index (χ0) is 19.8. The molecule has 0 unspecified atom stereocenters. The van der Waals surface area contributed by atoms with Crippen LogP contribution in [0.1, 0.15) is 40.1 Å². The number of benzene rings is 2. The lowest BCUT2D eigenvalue weighted by molar-refractivity contribution is 0.0693. The Morgan fingerprint density at radius 1 is 0.926 bits per heavy atom.